The number of carbonyl (C=O) groups excluding carboxylic acids is 1. The van der Waals surface area contributed by atoms with E-state index in [9.17, 15) is 4.79 Å². The van der Waals surface area contributed by atoms with Crippen molar-refractivity contribution in [2.24, 2.45) is 0 Å². The zero-order chi connectivity index (χ0) is 8.97. The van der Waals surface area contributed by atoms with Crippen molar-refractivity contribution < 1.29 is 4.79 Å². The molecule has 0 saturated carbocycles. The summed E-state index contributed by atoms with van der Waals surface area (Å²) in [5.74, 6) is -0.220. The topological polar surface area (TPSA) is 68.0 Å². The average molecular weight is 183 g/mol. The highest BCUT2D eigenvalue weighted by molar-refractivity contribution is 7.13. The van der Waals surface area contributed by atoms with Crippen LogP contribution in [0.1, 0.15) is 10.5 Å². The van der Waals surface area contributed by atoms with Crippen LogP contribution in [0, 0.1) is 0 Å². The molecule has 64 valence electrons. The van der Waals surface area contributed by atoms with Crippen LogP contribution in [0.4, 0.5) is 5.13 Å². The Morgan fingerprint density at radius 2 is 2.67 bits per heavy atom. The molecule has 1 heterocycles. The lowest BCUT2D eigenvalue weighted by Crippen LogP contribution is -2.23. The molecule has 4 nitrogen and oxygen atoms in total. The van der Waals surface area contributed by atoms with E-state index >= 15 is 0 Å². The van der Waals surface area contributed by atoms with E-state index in [4.69, 9.17) is 5.73 Å². The molecule has 1 aromatic rings. The minimum absolute atomic E-state index is 0.220. The molecule has 3 N–H and O–H groups in total. The molecule has 0 aliphatic rings. The van der Waals surface area contributed by atoms with Gasteiger partial charge in [0.25, 0.3) is 5.91 Å². The SMILES string of the molecule is C=CCNC(=O)c1csc(N)n1. The lowest BCUT2D eigenvalue weighted by molar-refractivity contribution is 0.0954. The number of nitrogen functional groups attached to an aromatic ring is 1. The first-order valence-corrected chi connectivity index (χ1v) is 4.22. The summed E-state index contributed by atoms with van der Waals surface area (Å²) < 4.78 is 0. The molecule has 5 heteroatoms. The lowest BCUT2D eigenvalue weighted by atomic mass is 10.4. The second kappa shape index (κ2) is 3.87. The molecule has 0 spiro atoms. The van der Waals surface area contributed by atoms with Crippen molar-refractivity contribution in [1.29, 1.82) is 0 Å². The third-order valence-corrected chi connectivity index (χ3v) is 1.84. The van der Waals surface area contributed by atoms with Crippen molar-refractivity contribution in [2.75, 3.05) is 12.3 Å². The molecular weight excluding hydrogens is 174 g/mol. The zero-order valence-corrected chi connectivity index (χ0v) is 7.23. The summed E-state index contributed by atoms with van der Waals surface area (Å²) in [5.41, 5.74) is 5.71. The van der Waals surface area contributed by atoms with Crippen LogP contribution in [0.2, 0.25) is 0 Å². The summed E-state index contributed by atoms with van der Waals surface area (Å²) in [6.45, 7) is 3.92. The first kappa shape index (κ1) is 8.73. The van der Waals surface area contributed by atoms with Gasteiger partial charge in [-0.3, -0.25) is 4.79 Å². The number of nitrogens with zero attached hydrogens (tertiary/aromatic N) is 1. The second-order valence-corrected chi connectivity index (χ2v) is 2.96. The highest BCUT2D eigenvalue weighted by Crippen LogP contribution is 2.10. The van der Waals surface area contributed by atoms with Crippen molar-refractivity contribution in [3.05, 3.63) is 23.7 Å². The number of nitrogens with one attached hydrogen (secondary N) is 1. The lowest BCUT2D eigenvalue weighted by Gasteiger charge is -1.96. The molecule has 1 aromatic heterocycles. The Labute approximate surface area is 74.1 Å². The summed E-state index contributed by atoms with van der Waals surface area (Å²) in [7, 11) is 0. The largest absolute Gasteiger partial charge is 0.375 e. The maximum atomic E-state index is 11.1. The van der Waals surface area contributed by atoms with Crippen LogP contribution in [-0.2, 0) is 0 Å². The fourth-order valence-electron chi connectivity index (χ4n) is 0.647. The van der Waals surface area contributed by atoms with E-state index in [1.807, 2.05) is 0 Å². The van der Waals surface area contributed by atoms with Crippen LogP contribution >= 0.6 is 11.3 Å². The number of carbonyl (C=O) groups is 1. The van der Waals surface area contributed by atoms with Crippen molar-refractivity contribution in [3.63, 3.8) is 0 Å². The highest BCUT2D eigenvalue weighted by atomic mass is 32.1. The fraction of sp³-hybridized carbons (Fsp3) is 0.143. The van der Waals surface area contributed by atoms with Gasteiger partial charge in [0.2, 0.25) is 0 Å². The van der Waals surface area contributed by atoms with Gasteiger partial charge in [-0.1, -0.05) is 6.08 Å². The van der Waals surface area contributed by atoms with Crippen LogP contribution < -0.4 is 11.1 Å². The Bertz CT molecular complexity index is 295. The van der Waals surface area contributed by atoms with Gasteiger partial charge in [0.15, 0.2) is 5.13 Å². The molecular formula is C7H9N3OS. The minimum Gasteiger partial charge on any atom is -0.375 e. The Morgan fingerprint density at radius 3 is 3.17 bits per heavy atom. The number of rotatable bonds is 3. The minimum atomic E-state index is -0.220. The van der Waals surface area contributed by atoms with Crippen LogP contribution in [0.3, 0.4) is 0 Å². The van der Waals surface area contributed by atoms with Crippen molar-refractivity contribution in [1.82, 2.24) is 10.3 Å². The van der Waals surface area contributed by atoms with E-state index < -0.39 is 0 Å². The Kier molecular flexibility index (Phi) is 2.82. The quantitative estimate of drug-likeness (QED) is 0.676. The number of nitrogens with two attached hydrogens (primary N) is 1. The highest BCUT2D eigenvalue weighted by Gasteiger charge is 2.07. The van der Waals surface area contributed by atoms with Crippen molar-refractivity contribution >= 4 is 22.4 Å². The monoisotopic (exact) mass is 183 g/mol. The molecule has 0 aromatic carbocycles. The van der Waals surface area contributed by atoms with Crippen LogP contribution in [-0.4, -0.2) is 17.4 Å². The molecule has 0 aliphatic carbocycles. The summed E-state index contributed by atoms with van der Waals surface area (Å²) >= 11 is 1.25. The Hall–Kier alpha value is -1.36. The first-order valence-electron chi connectivity index (χ1n) is 3.34. The third kappa shape index (κ3) is 2.06. The predicted octanol–water partition coefficient (Wildman–Crippen LogP) is 0.641. The van der Waals surface area contributed by atoms with E-state index in [1.54, 1.807) is 11.5 Å². The maximum Gasteiger partial charge on any atom is 0.271 e. The number of thiazole rings is 1. The average Bonchev–Trinajstić information content (AvgIpc) is 2.47. The molecule has 12 heavy (non-hydrogen) atoms. The summed E-state index contributed by atoms with van der Waals surface area (Å²) in [4.78, 5) is 15.0. The van der Waals surface area contributed by atoms with Crippen molar-refractivity contribution in [2.45, 2.75) is 0 Å². The molecule has 0 aliphatic heterocycles. The summed E-state index contributed by atoms with van der Waals surface area (Å²) in [5, 5.41) is 4.61. The molecule has 0 radical (unpaired) electrons. The van der Waals surface area contributed by atoms with Crippen LogP contribution in [0.5, 0.6) is 0 Å². The molecule has 0 bridgehead atoms. The molecule has 0 fully saturated rings. The standard InChI is InChI=1S/C7H9N3OS/c1-2-3-9-6(11)5-4-12-7(8)10-5/h2,4H,1,3H2,(H2,8,10)(H,9,11). The van der Waals surface area contributed by atoms with E-state index in [0.717, 1.165) is 0 Å². The van der Waals surface area contributed by atoms with Gasteiger partial charge in [0.05, 0.1) is 0 Å². The van der Waals surface area contributed by atoms with E-state index in [-0.39, 0.29) is 5.91 Å². The van der Waals surface area contributed by atoms with Gasteiger partial charge in [-0.2, -0.15) is 0 Å². The van der Waals surface area contributed by atoms with Crippen LogP contribution in [0.15, 0.2) is 18.0 Å². The van der Waals surface area contributed by atoms with Gasteiger partial charge in [-0.25, -0.2) is 4.98 Å². The first-order chi connectivity index (χ1) is 5.74. The Balaban J connectivity index is 2.59. The summed E-state index contributed by atoms with van der Waals surface area (Å²) in [6.07, 6.45) is 1.60. The van der Waals surface area contributed by atoms with Gasteiger partial charge in [-0.15, -0.1) is 17.9 Å². The normalized spacial score (nSPS) is 9.33. The molecule has 0 unspecified atom stereocenters. The van der Waals surface area contributed by atoms with Gasteiger partial charge in [-0.05, 0) is 0 Å². The molecule has 0 saturated heterocycles. The number of hydrogen-bond acceptors (Lipinski definition) is 4. The molecule has 1 amide bonds. The van der Waals surface area contributed by atoms with E-state index in [0.29, 0.717) is 17.4 Å². The predicted molar refractivity (Wildman–Crippen MR) is 49.1 cm³/mol. The molecule has 0 atom stereocenters. The van der Waals surface area contributed by atoms with Crippen molar-refractivity contribution in [3.8, 4) is 0 Å². The summed E-state index contributed by atoms with van der Waals surface area (Å²) in [6, 6.07) is 0. The Morgan fingerprint density at radius 1 is 1.92 bits per heavy atom. The number of hydrogen-bond donors (Lipinski definition) is 2. The number of aromatic nitrogens is 1. The second-order valence-electron chi connectivity index (χ2n) is 2.07. The van der Waals surface area contributed by atoms with Gasteiger partial charge in [0.1, 0.15) is 5.69 Å². The fourth-order valence-corrected chi connectivity index (χ4v) is 1.19. The van der Waals surface area contributed by atoms with E-state index in [1.165, 1.54) is 11.3 Å². The van der Waals surface area contributed by atoms with Crippen LogP contribution in [0.25, 0.3) is 0 Å². The number of anilines is 1. The molecule has 1 rings (SSSR count). The van der Waals surface area contributed by atoms with E-state index in [2.05, 4.69) is 16.9 Å². The smallest absolute Gasteiger partial charge is 0.271 e. The maximum absolute atomic E-state index is 11.1. The van der Waals surface area contributed by atoms with Gasteiger partial charge in [0, 0.05) is 11.9 Å². The third-order valence-electron chi connectivity index (χ3n) is 1.16. The number of amides is 1. The van der Waals surface area contributed by atoms with Gasteiger partial charge >= 0.3 is 0 Å². The van der Waals surface area contributed by atoms with Gasteiger partial charge < -0.3 is 11.1 Å². The zero-order valence-electron chi connectivity index (χ0n) is 6.41.